The molecule has 1 aliphatic rings. The molecule has 0 radical (unpaired) electrons. The first-order valence-electron chi connectivity index (χ1n) is 6.50. The molecule has 1 aliphatic heterocycles. The highest BCUT2D eigenvalue weighted by Gasteiger charge is 2.36. The second-order valence-electron chi connectivity index (χ2n) is 5.00. The fraction of sp³-hybridized carbons (Fsp3) is 0.429. The molecule has 1 aromatic carbocycles. The van der Waals surface area contributed by atoms with Crippen LogP contribution in [-0.2, 0) is 16.0 Å². The number of nitrogens with two attached hydrogens (primary N) is 1. The van der Waals surface area contributed by atoms with Gasteiger partial charge in [0.25, 0.3) is 0 Å². The number of phenols is 1. The lowest BCUT2D eigenvalue weighted by Crippen LogP contribution is -3.18. The van der Waals surface area contributed by atoms with E-state index in [-0.39, 0.29) is 17.7 Å². The molecule has 0 saturated carbocycles. The molecule has 0 spiro atoms. The Morgan fingerprint density at radius 2 is 2.16 bits per heavy atom. The Labute approximate surface area is 112 Å². The monoisotopic (exact) mass is 263 g/mol. The summed E-state index contributed by atoms with van der Waals surface area (Å²) in [7, 11) is 0. The van der Waals surface area contributed by atoms with E-state index in [4.69, 9.17) is 5.73 Å². The van der Waals surface area contributed by atoms with Crippen LogP contribution >= 0.6 is 0 Å². The number of hydrogen-bond acceptors (Lipinski definition) is 4. The van der Waals surface area contributed by atoms with E-state index in [0.717, 1.165) is 24.7 Å². The number of amides is 1. The molecule has 2 rings (SSSR count). The van der Waals surface area contributed by atoms with Crippen molar-refractivity contribution in [2.24, 2.45) is 5.73 Å². The maximum Gasteiger partial charge on any atom is 0.329 e. The van der Waals surface area contributed by atoms with E-state index in [1.807, 2.05) is 0 Å². The number of rotatable bonds is 4. The lowest BCUT2D eigenvalue weighted by molar-refractivity contribution is -0.823. The summed E-state index contributed by atoms with van der Waals surface area (Å²) >= 11 is 0. The van der Waals surface area contributed by atoms with Gasteiger partial charge in [-0.15, -0.1) is 0 Å². The third-order valence-electron chi connectivity index (χ3n) is 3.62. The molecule has 1 unspecified atom stereocenters. The van der Waals surface area contributed by atoms with Crippen molar-refractivity contribution in [3.05, 3.63) is 29.8 Å². The van der Waals surface area contributed by atoms with Crippen molar-refractivity contribution in [1.29, 1.82) is 0 Å². The van der Waals surface area contributed by atoms with Crippen molar-refractivity contribution in [3.63, 3.8) is 0 Å². The van der Waals surface area contributed by atoms with E-state index in [0.29, 0.717) is 17.9 Å². The molecule has 1 amide bonds. The number of hydrogen-bond donors (Lipinski definition) is 3. The van der Waals surface area contributed by atoms with Crippen molar-refractivity contribution in [2.75, 3.05) is 6.54 Å². The number of aromatic hydroxyl groups is 1. The SMILES string of the molecule is N[C@@H](Cc1ccc(O)cc1)C(=O)[NH+]1CCC[C@H]1C=O. The second-order valence-corrected chi connectivity index (χ2v) is 5.00. The predicted octanol–water partition coefficient (Wildman–Crippen LogP) is -0.965. The molecule has 1 aromatic rings. The summed E-state index contributed by atoms with van der Waals surface area (Å²) in [6, 6.07) is 5.80. The third kappa shape index (κ3) is 3.19. The molecule has 19 heavy (non-hydrogen) atoms. The van der Waals surface area contributed by atoms with Gasteiger partial charge in [-0.1, -0.05) is 12.1 Å². The average Bonchev–Trinajstić information content (AvgIpc) is 2.88. The normalized spacial score (nSPS) is 24.1. The standard InChI is InChI=1S/C14H18N2O3/c15-13(8-10-3-5-12(18)6-4-10)14(19)16-7-1-2-11(16)9-17/h3-6,9,11,13,18H,1-2,7-8,15H2/p+1/t11-,13-/m0/s1. The quantitative estimate of drug-likeness (QED) is 0.611. The van der Waals surface area contributed by atoms with Crippen LogP contribution < -0.4 is 10.6 Å². The van der Waals surface area contributed by atoms with E-state index in [2.05, 4.69) is 0 Å². The van der Waals surface area contributed by atoms with Crippen LogP contribution in [-0.4, -0.2) is 35.9 Å². The molecule has 1 saturated heterocycles. The van der Waals surface area contributed by atoms with Crippen LogP contribution in [0.15, 0.2) is 24.3 Å². The minimum absolute atomic E-state index is 0.0947. The van der Waals surface area contributed by atoms with Gasteiger partial charge in [0.2, 0.25) is 0 Å². The Bertz CT molecular complexity index is 458. The van der Waals surface area contributed by atoms with Crippen LogP contribution in [0.3, 0.4) is 0 Å². The average molecular weight is 263 g/mol. The minimum Gasteiger partial charge on any atom is -0.508 e. The molecule has 1 fully saturated rings. The predicted molar refractivity (Wildman–Crippen MR) is 69.7 cm³/mol. The molecule has 3 atom stereocenters. The highest BCUT2D eigenvalue weighted by atomic mass is 16.3. The van der Waals surface area contributed by atoms with Crippen LogP contribution in [0.1, 0.15) is 18.4 Å². The molecule has 102 valence electrons. The summed E-state index contributed by atoms with van der Waals surface area (Å²) in [6.45, 7) is 0.686. The van der Waals surface area contributed by atoms with Gasteiger partial charge in [-0.2, -0.15) is 0 Å². The van der Waals surface area contributed by atoms with Gasteiger partial charge in [0.15, 0.2) is 12.3 Å². The van der Waals surface area contributed by atoms with Crippen molar-refractivity contribution >= 4 is 12.2 Å². The van der Waals surface area contributed by atoms with Gasteiger partial charge in [-0.3, -0.25) is 9.69 Å². The summed E-state index contributed by atoms with van der Waals surface area (Å²) in [5, 5.41) is 9.20. The largest absolute Gasteiger partial charge is 0.508 e. The van der Waals surface area contributed by atoms with E-state index >= 15 is 0 Å². The van der Waals surface area contributed by atoms with E-state index in [9.17, 15) is 14.7 Å². The zero-order chi connectivity index (χ0) is 13.8. The minimum atomic E-state index is -0.611. The lowest BCUT2D eigenvalue weighted by Gasteiger charge is -2.18. The van der Waals surface area contributed by atoms with Crippen LogP contribution in [0.4, 0.5) is 0 Å². The maximum atomic E-state index is 12.2. The highest BCUT2D eigenvalue weighted by molar-refractivity contribution is 5.75. The first-order chi connectivity index (χ1) is 9.11. The Morgan fingerprint density at radius 3 is 2.79 bits per heavy atom. The molecule has 1 heterocycles. The van der Waals surface area contributed by atoms with Gasteiger partial charge in [0.05, 0.1) is 6.54 Å². The zero-order valence-electron chi connectivity index (χ0n) is 10.7. The van der Waals surface area contributed by atoms with Gasteiger partial charge in [-0.25, -0.2) is 4.79 Å². The van der Waals surface area contributed by atoms with Crippen molar-refractivity contribution < 1.29 is 19.6 Å². The van der Waals surface area contributed by atoms with Gasteiger partial charge in [-0.05, 0) is 17.7 Å². The number of carbonyl (C=O) groups is 2. The Hall–Kier alpha value is -1.72. The maximum absolute atomic E-state index is 12.2. The fourth-order valence-corrected chi connectivity index (χ4v) is 2.54. The van der Waals surface area contributed by atoms with Crippen molar-refractivity contribution in [1.82, 2.24) is 0 Å². The van der Waals surface area contributed by atoms with Crippen molar-refractivity contribution in [2.45, 2.75) is 31.3 Å². The number of phenolic OH excluding ortho intramolecular Hbond substituents is 1. The number of nitrogens with one attached hydrogen (secondary N) is 1. The molecule has 5 nitrogen and oxygen atoms in total. The molecular weight excluding hydrogens is 244 g/mol. The Morgan fingerprint density at radius 1 is 1.47 bits per heavy atom. The van der Waals surface area contributed by atoms with Crippen molar-refractivity contribution in [3.8, 4) is 5.75 Å². The highest BCUT2D eigenvalue weighted by Crippen LogP contribution is 2.10. The first kappa shape index (κ1) is 13.7. The molecule has 0 aromatic heterocycles. The summed E-state index contributed by atoms with van der Waals surface area (Å²) in [5.41, 5.74) is 6.84. The number of carbonyl (C=O) groups excluding carboxylic acids is 2. The van der Waals surface area contributed by atoms with Gasteiger partial charge >= 0.3 is 5.91 Å². The lowest BCUT2D eigenvalue weighted by atomic mass is 10.1. The Balaban J connectivity index is 1.99. The molecule has 0 aliphatic carbocycles. The van der Waals surface area contributed by atoms with Crippen LogP contribution in [0.5, 0.6) is 5.75 Å². The fourth-order valence-electron chi connectivity index (χ4n) is 2.54. The Kier molecular flexibility index (Phi) is 4.29. The smallest absolute Gasteiger partial charge is 0.329 e. The van der Waals surface area contributed by atoms with Gasteiger partial charge < -0.3 is 10.8 Å². The number of aldehydes is 1. The summed E-state index contributed by atoms with van der Waals surface area (Å²) in [4.78, 5) is 23.8. The molecule has 5 heteroatoms. The number of likely N-dealkylation sites (tertiary alicyclic amines) is 1. The topological polar surface area (TPSA) is 84.8 Å². The van der Waals surface area contributed by atoms with Crippen LogP contribution in [0.25, 0.3) is 0 Å². The number of benzene rings is 1. The summed E-state index contributed by atoms with van der Waals surface area (Å²) in [5.74, 6) is 0.0949. The van der Waals surface area contributed by atoms with Gasteiger partial charge in [0, 0.05) is 19.3 Å². The van der Waals surface area contributed by atoms with E-state index in [1.54, 1.807) is 24.3 Å². The summed E-state index contributed by atoms with van der Waals surface area (Å²) < 4.78 is 0. The first-order valence-corrected chi connectivity index (χ1v) is 6.50. The zero-order valence-corrected chi connectivity index (χ0v) is 10.7. The molecule has 4 N–H and O–H groups in total. The van der Waals surface area contributed by atoms with E-state index < -0.39 is 6.04 Å². The van der Waals surface area contributed by atoms with Gasteiger partial charge in [0.1, 0.15) is 11.8 Å². The summed E-state index contributed by atoms with van der Waals surface area (Å²) in [6.07, 6.45) is 2.93. The molecule has 0 bridgehead atoms. The third-order valence-corrected chi connectivity index (χ3v) is 3.62. The number of quaternary nitrogens is 1. The second kappa shape index (κ2) is 5.95. The van der Waals surface area contributed by atoms with Crippen LogP contribution in [0.2, 0.25) is 0 Å². The van der Waals surface area contributed by atoms with Crippen LogP contribution in [0, 0.1) is 0 Å². The molecular formula is C14H19N2O3+. The van der Waals surface area contributed by atoms with E-state index in [1.165, 1.54) is 0 Å².